The fourth-order valence-electron chi connectivity index (χ4n) is 2.00. The third-order valence-electron chi connectivity index (χ3n) is 3.11. The smallest absolute Gasteiger partial charge is 0.255 e. The van der Waals surface area contributed by atoms with Gasteiger partial charge in [0.2, 0.25) is 0 Å². The molecule has 120 valence electrons. The van der Waals surface area contributed by atoms with E-state index in [9.17, 15) is 4.79 Å². The van der Waals surface area contributed by atoms with Gasteiger partial charge in [0, 0.05) is 17.3 Å². The van der Waals surface area contributed by atoms with Gasteiger partial charge in [0.1, 0.15) is 12.4 Å². The van der Waals surface area contributed by atoms with Crippen molar-refractivity contribution in [3.63, 3.8) is 0 Å². The Balaban J connectivity index is 2.14. The maximum absolute atomic E-state index is 12.3. The summed E-state index contributed by atoms with van der Waals surface area (Å²) in [4.78, 5) is 12.3. The molecule has 1 N–H and O–H groups in total. The number of carbonyl (C=O) groups is 1. The fourth-order valence-corrected chi connectivity index (χ4v) is 2.00. The molecular formula is C18H19NO4. The van der Waals surface area contributed by atoms with Crippen LogP contribution in [0.25, 0.3) is 0 Å². The molecular weight excluding hydrogens is 294 g/mol. The number of carbonyl (C=O) groups excluding carboxylic acids is 1. The molecule has 23 heavy (non-hydrogen) atoms. The van der Waals surface area contributed by atoms with E-state index in [1.165, 1.54) is 7.11 Å². The lowest BCUT2D eigenvalue weighted by molar-refractivity contribution is 0.102. The van der Waals surface area contributed by atoms with Crippen molar-refractivity contribution in [2.75, 3.05) is 26.1 Å². The summed E-state index contributed by atoms with van der Waals surface area (Å²) in [5.74, 6) is 1.49. The van der Waals surface area contributed by atoms with Crippen molar-refractivity contribution in [3.8, 4) is 17.2 Å². The van der Waals surface area contributed by atoms with Gasteiger partial charge in [-0.25, -0.2) is 0 Å². The molecule has 0 saturated heterocycles. The highest BCUT2D eigenvalue weighted by Crippen LogP contribution is 2.28. The number of rotatable bonds is 7. The highest BCUT2D eigenvalue weighted by atomic mass is 16.5. The Morgan fingerprint density at radius 3 is 2.61 bits per heavy atom. The van der Waals surface area contributed by atoms with Crippen molar-refractivity contribution < 1.29 is 19.0 Å². The van der Waals surface area contributed by atoms with Gasteiger partial charge >= 0.3 is 0 Å². The molecule has 0 bridgehead atoms. The van der Waals surface area contributed by atoms with Crippen LogP contribution in [0.1, 0.15) is 10.4 Å². The lowest BCUT2D eigenvalue weighted by atomic mass is 10.2. The van der Waals surface area contributed by atoms with Gasteiger partial charge in [-0.1, -0.05) is 18.7 Å². The van der Waals surface area contributed by atoms with Gasteiger partial charge in [-0.15, -0.1) is 0 Å². The molecule has 0 aliphatic carbocycles. The second-order valence-corrected chi connectivity index (χ2v) is 4.65. The molecule has 2 aromatic carbocycles. The molecule has 0 saturated carbocycles. The van der Waals surface area contributed by atoms with Crippen molar-refractivity contribution in [3.05, 3.63) is 60.7 Å². The van der Waals surface area contributed by atoms with Crippen LogP contribution in [0.2, 0.25) is 0 Å². The Bertz CT molecular complexity index is 697. The Kier molecular flexibility index (Phi) is 5.63. The highest BCUT2D eigenvalue weighted by molar-refractivity contribution is 6.04. The third kappa shape index (κ3) is 4.26. The summed E-state index contributed by atoms with van der Waals surface area (Å²) in [6, 6.07) is 12.2. The van der Waals surface area contributed by atoms with Crippen LogP contribution in [0.4, 0.5) is 5.69 Å². The predicted octanol–water partition coefficient (Wildman–Crippen LogP) is 3.52. The molecule has 1 amide bonds. The largest absolute Gasteiger partial charge is 0.493 e. The Morgan fingerprint density at radius 1 is 1.13 bits per heavy atom. The maximum Gasteiger partial charge on any atom is 0.255 e. The van der Waals surface area contributed by atoms with Crippen LogP contribution in [0, 0.1) is 0 Å². The summed E-state index contributed by atoms with van der Waals surface area (Å²) >= 11 is 0. The first-order valence-electron chi connectivity index (χ1n) is 7.05. The van der Waals surface area contributed by atoms with Gasteiger partial charge in [0.15, 0.2) is 11.5 Å². The Morgan fingerprint density at radius 2 is 1.91 bits per heavy atom. The quantitative estimate of drug-likeness (QED) is 0.795. The van der Waals surface area contributed by atoms with Gasteiger partial charge in [-0.05, 0) is 30.3 Å². The monoisotopic (exact) mass is 313 g/mol. The van der Waals surface area contributed by atoms with Crippen molar-refractivity contribution in [2.24, 2.45) is 0 Å². The summed E-state index contributed by atoms with van der Waals surface area (Å²) in [6.45, 7) is 4.01. The number of hydrogen-bond acceptors (Lipinski definition) is 4. The average Bonchev–Trinajstić information content (AvgIpc) is 2.59. The van der Waals surface area contributed by atoms with E-state index < -0.39 is 0 Å². The van der Waals surface area contributed by atoms with Crippen LogP contribution in [-0.4, -0.2) is 26.7 Å². The van der Waals surface area contributed by atoms with Gasteiger partial charge in [0.25, 0.3) is 5.91 Å². The summed E-state index contributed by atoms with van der Waals surface area (Å²) in [5, 5.41) is 2.82. The van der Waals surface area contributed by atoms with Crippen LogP contribution in [-0.2, 0) is 0 Å². The first-order chi connectivity index (χ1) is 11.2. The summed E-state index contributed by atoms with van der Waals surface area (Å²) in [7, 11) is 3.08. The van der Waals surface area contributed by atoms with Crippen LogP contribution in [0.15, 0.2) is 55.1 Å². The molecule has 0 aromatic heterocycles. The fraction of sp³-hybridized carbons (Fsp3) is 0.167. The Labute approximate surface area is 135 Å². The minimum Gasteiger partial charge on any atom is -0.493 e. The second kappa shape index (κ2) is 7.89. The van der Waals surface area contributed by atoms with Crippen LogP contribution in [0.3, 0.4) is 0 Å². The van der Waals surface area contributed by atoms with Crippen molar-refractivity contribution in [2.45, 2.75) is 0 Å². The number of ether oxygens (including phenoxy) is 3. The first kappa shape index (κ1) is 16.4. The molecule has 5 nitrogen and oxygen atoms in total. The van der Waals surface area contributed by atoms with Crippen LogP contribution >= 0.6 is 0 Å². The van der Waals surface area contributed by atoms with Crippen LogP contribution < -0.4 is 19.5 Å². The van der Waals surface area contributed by atoms with Gasteiger partial charge in [-0.3, -0.25) is 4.79 Å². The normalized spacial score (nSPS) is 9.83. The zero-order valence-corrected chi connectivity index (χ0v) is 13.2. The standard InChI is InChI=1S/C18H19NO4/c1-4-10-23-15-7-5-6-14(12-15)19-18(20)13-8-9-16(21-2)17(11-13)22-3/h4-9,11-12H,1,10H2,2-3H3,(H,19,20). The minimum atomic E-state index is -0.244. The van der Waals surface area contributed by atoms with E-state index in [1.54, 1.807) is 43.5 Å². The van der Waals surface area contributed by atoms with E-state index >= 15 is 0 Å². The van der Waals surface area contributed by atoms with E-state index in [2.05, 4.69) is 11.9 Å². The predicted molar refractivity (Wildman–Crippen MR) is 89.6 cm³/mol. The molecule has 0 radical (unpaired) electrons. The summed E-state index contributed by atoms with van der Waals surface area (Å²) in [6.07, 6.45) is 1.66. The van der Waals surface area contributed by atoms with Crippen molar-refractivity contribution in [1.82, 2.24) is 0 Å². The number of amides is 1. The van der Waals surface area contributed by atoms with Crippen LogP contribution in [0.5, 0.6) is 17.2 Å². The molecule has 0 heterocycles. The molecule has 0 atom stereocenters. The second-order valence-electron chi connectivity index (χ2n) is 4.65. The molecule has 0 aliphatic heterocycles. The van der Waals surface area contributed by atoms with E-state index in [-0.39, 0.29) is 5.91 Å². The Hall–Kier alpha value is -2.95. The molecule has 5 heteroatoms. The number of methoxy groups -OCH3 is 2. The molecule has 0 spiro atoms. The van der Waals surface area contributed by atoms with E-state index in [0.29, 0.717) is 35.1 Å². The molecule has 0 aliphatic rings. The van der Waals surface area contributed by atoms with E-state index in [4.69, 9.17) is 14.2 Å². The third-order valence-corrected chi connectivity index (χ3v) is 3.11. The average molecular weight is 313 g/mol. The van der Waals surface area contributed by atoms with Crippen molar-refractivity contribution >= 4 is 11.6 Å². The molecule has 0 unspecified atom stereocenters. The molecule has 2 rings (SSSR count). The lowest BCUT2D eigenvalue weighted by Crippen LogP contribution is -2.12. The van der Waals surface area contributed by atoms with Gasteiger partial charge in [-0.2, -0.15) is 0 Å². The minimum absolute atomic E-state index is 0.244. The van der Waals surface area contributed by atoms with Gasteiger partial charge in [0.05, 0.1) is 14.2 Å². The lowest BCUT2D eigenvalue weighted by Gasteiger charge is -2.11. The van der Waals surface area contributed by atoms with E-state index in [1.807, 2.05) is 12.1 Å². The first-order valence-corrected chi connectivity index (χ1v) is 7.05. The zero-order chi connectivity index (χ0) is 16.7. The number of nitrogens with one attached hydrogen (secondary N) is 1. The van der Waals surface area contributed by atoms with Crippen molar-refractivity contribution in [1.29, 1.82) is 0 Å². The zero-order valence-electron chi connectivity index (χ0n) is 13.2. The number of hydrogen-bond donors (Lipinski definition) is 1. The number of anilines is 1. The summed E-state index contributed by atoms with van der Waals surface area (Å²) < 4.78 is 15.8. The summed E-state index contributed by atoms with van der Waals surface area (Å²) in [5.41, 5.74) is 1.12. The van der Waals surface area contributed by atoms with Gasteiger partial charge < -0.3 is 19.5 Å². The van der Waals surface area contributed by atoms with E-state index in [0.717, 1.165) is 0 Å². The maximum atomic E-state index is 12.3. The number of benzene rings is 2. The topological polar surface area (TPSA) is 56.8 Å². The molecule has 2 aromatic rings. The SMILES string of the molecule is C=CCOc1cccc(NC(=O)c2ccc(OC)c(OC)c2)c1. The molecule has 0 fully saturated rings. The highest BCUT2D eigenvalue weighted by Gasteiger charge is 2.11.